The average molecular weight is 506 g/mol. The lowest BCUT2D eigenvalue weighted by Crippen LogP contribution is -2.45. The molecule has 0 aromatic heterocycles. The van der Waals surface area contributed by atoms with Crippen molar-refractivity contribution in [1.82, 2.24) is 10.6 Å². The molecule has 0 aliphatic carbocycles. The molecule has 2 rings (SSSR count). The molecular weight excluding hydrogens is 482 g/mol. The van der Waals surface area contributed by atoms with E-state index in [0.29, 0.717) is 5.69 Å². The second kappa shape index (κ2) is 11.6. The highest BCUT2D eigenvalue weighted by Crippen LogP contribution is 2.19. The highest BCUT2D eigenvalue weighted by Gasteiger charge is 2.28. The quantitative estimate of drug-likeness (QED) is 0.168. The van der Waals surface area contributed by atoms with Crippen LogP contribution < -0.4 is 22.1 Å². The summed E-state index contributed by atoms with van der Waals surface area (Å²) in [6, 6.07) is 9.31. The van der Waals surface area contributed by atoms with Gasteiger partial charge in [-0.2, -0.15) is 0 Å². The lowest BCUT2D eigenvalue weighted by atomic mass is 10.2. The van der Waals surface area contributed by atoms with E-state index < -0.39 is 68.8 Å². The molecule has 0 aliphatic heterocycles. The number of hydrogen-bond acceptors (Lipinski definition) is 7. The number of carboxylic acids is 2. The summed E-state index contributed by atoms with van der Waals surface area (Å²) >= 11 is 0. The lowest BCUT2D eigenvalue weighted by molar-refractivity contribution is -0.137. The fourth-order valence-corrected chi connectivity index (χ4v) is 4.73. The van der Waals surface area contributed by atoms with E-state index in [1.165, 1.54) is 30.3 Å². The molecule has 0 aliphatic rings. The molecule has 0 bridgehead atoms. The van der Waals surface area contributed by atoms with Gasteiger partial charge in [-0.25, -0.2) is 18.2 Å². The highest BCUT2D eigenvalue weighted by molar-refractivity contribution is 7.91. The first-order chi connectivity index (χ1) is 16.4. The van der Waals surface area contributed by atoms with Crippen molar-refractivity contribution in [3.05, 3.63) is 59.7 Å². The first-order valence-electron chi connectivity index (χ1n) is 9.93. The monoisotopic (exact) mass is 505 g/mol. The predicted octanol–water partition coefficient (Wildman–Crippen LogP) is -0.547. The molecule has 8 N–H and O–H groups in total. The van der Waals surface area contributed by atoms with Gasteiger partial charge in [0.05, 0.1) is 40.9 Å². The molecule has 35 heavy (non-hydrogen) atoms. The van der Waals surface area contributed by atoms with Crippen LogP contribution in [0.4, 0.5) is 5.69 Å². The van der Waals surface area contributed by atoms with Crippen molar-refractivity contribution in [2.24, 2.45) is 16.5 Å². The summed E-state index contributed by atoms with van der Waals surface area (Å²) in [5.41, 5.74) is 10.5. The molecule has 0 radical (unpaired) electrons. The number of nitrogens with one attached hydrogen (secondary N) is 2. The van der Waals surface area contributed by atoms with Crippen LogP contribution in [0.2, 0.25) is 0 Å². The summed E-state index contributed by atoms with van der Waals surface area (Å²) in [5.74, 6) is -5.47. The molecule has 2 amide bonds. The van der Waals surface area contributed by atoms with Gasteiger partial charge in [0.15, 0.2) is 15.8 Å². The number of carboxylic acid groups (broad SMARTS) is 2. The third kappa shape index (κ3) is 8.12. The van der Waals surface area contributed by atoms with Crippen LogP contribution in [0, 0.1) is 0 Å². The first kappa shape index (κ1) is 26.8. The van der Waals surface area contributed by atoms with Crippen LogP contribution in [0.3, 0.4) is 0 Å². The zero-order valence-electron chi connectivity index (χ0n) is 18.2. The maximum absolute atomic E-state index is 12.8. The molecule has 2 aromatic rings. The van der Waals surface area contributed by atoms with Crippen molar-refractivity contribution in [2.75, 3.05) is 12.3 Å². The van der Waals surface area contributed by atoms with Crippen molar-refractivity contribution < 1.29 is 37.8 Å². The summed E-state index contributed by atoms with van der Waals surface area (Å²) < 4.78 is 25.6. The van der Waals surface area contributed by atoms with Gasteiger partial charge in [-0.3, -0.25) is 14.4 Å². The number of amides is 2. The molecule has 0 saturated heterocycles. The number of rotatable bonds is 11. The van der Waals surface area contributed by atoms with Gasteiger partial charge in [0.2, 0.25) is 5.91 Å². The third-order valence-corrected chi connectivity index (χ3v) is 6.30. The Kier molecular flexibility index (Phi) is 8.88. The summed E-state index contributed by atoms with van der Waals surface area (Å²) in [6.07, 6.45) is -0.755. The Labute approximate surface area is 199 Å². The zero-order chi connectivity index (χ0) is 26.2. The summed E-state index contributed by atoms with van der Waals surface area (Å²) in [7, 11) is -4.29. The van der Waals surface area contributed by atoms with Crippen molar-refractivity contribution in [3.63, 3.8) is 0 Å². The van der Waals surface area contributed by atoms with E-state index in [2.05, 4.69) is 15.6 Å². The second-order valence-electron chi connectivity index (χ2n) is 7.21. The Balaban J connectivity index is 2.09. The molecule has 0 heterocycles. The van der Waals surface area contributed by atoms with Gasteiger partial charge in [-0.15, -0.1) is 0 Å². The summed E-state index contributed by atoms with van der Waals surface area (Å²) in [4.78, 5) is 50.5. The van der Waals surface area contributed by atoms with Crippen molar-refractivity contribution in [3.8, 4) is 0 Å². The van der Waals surface area contributed by atoms with Crippen LogP contribution >= 0.6 is 0 Å². The van der Waals surface area contributed by atoms with Crippen LogP contribution in [-0.2, 0) is 19.4 Å². The van der Waals surface area contributed by atoms with E-state index in [4.69, 9.17) is 16.6 Å². The van der Waals surface area contributed by atoms with Gasteiger partial charge in [0.1, 0.15) is 0 Å². The molecule has 1 atom stereocenters. The van der Waals surface area contributed by atoms with Crippen LogP contribution in [-0.4, -0.2) is 66.7 Å². The Bertz CT molecular complexity index is 1270. The maximum atomic E-state index is 12.8. The number of nitrogens with zero attached hydrogens (tertiary/aromatic N) is 1. The Hall–Kier alpha value is -4.46. The molecule has 2 aromatic carbocycles. The minimum atomic E-state index is -4.29. The van der Waals surface area contributed by atoms with Crippen molar-refractivity contribution in [2.45, 2.75) is 17.4 Å². The lowest BCUT2D eigenvalue weighted by Gasteiger charge is -2.18. The number of sulfone groups is 1. The average Bonchev–Trinajstić information content (AvgIpc) is 2.76. The number of hydrogen-bond donors (Lipinski definition) is 6. The van der Waals surface area contributed by atoms with Crippen LogP contribution in [0.15, 0.2) is 58.4 Å². The van der Waals surface area contributed by atoms with Crippen LogP contribution in [0.1, 0.15) is 27.1 Å². The Morgan fingerprint density at radius 2 is 1.69 bits per heavy atom. The van der Waals surface area contributed by atoms with Gasteiger partial charge < -0.3 is 32.3 Å². The van der Waals surface area contributed by atoms with Crippen LogP contribution in [0.25, 0.3) is 0 Å². The number of aromatic carboxylic acids is 1. The van der Waals surface area contributed by atoms with E-state index in [1.807, 2.05) is 0 Å². The fourth-order valence-electron chi connectivity index (χ4n) is 3.04. The van der Waals surface area contributed by atoms with E-state index in [0.717, 1.165) is 12.1 Å². The first-order valence-corrected chi connectivity index (χ1v) is 11.6. The zero-order valence-corrected chi connectivity index (χ0v) is 19.0. The van der Waals surface area contributed by atoms with E-state index in [-0.39, 0.29) is 11.5 Å². The number of aliphatic imine (C=N–C) groups is 1. The predicted molar refractivity (Wildman–Crippen MR) is 124 cm³/mol. The molecule has 14 heteroatoms. The van der Waals surface area contributed by atoms with Gasteiger partial charge in [-0.05, 0) is 30.3 Å². The molecule has 0 saturated carbocycles. The standard InChI is InChI=1S/C21H23N5O8S/c22-21(23)26-13-5-3-4-12(8-13)19(30)24-10-17(27)25-14(9-18(28)29)11-35(33,34)16-7-2-1-6-15(16)20(31)32/h1-8,14H,9-11H2,(H,24,30)(H,25,27)(H,28,29)(H,31,32)(H4,22,23,26)/t14-/m0/s1. The Morgan fingerprint density at radius 1 is 1.00 bits per heavy atom. The minimum Gasteiger partial charge on any atom is -0.481 e. The van der Waals surface area contributed by atoms with Crippen LogP contribution in [0.5, 0.6) is 0 Å². The molecule has 0 unspecified atom stereocenters. The van der Waals surface area contributed by atoms with Crippen molar-refractivity contribution >= 4 is 45.2 Å². The van der Waals surface area contributed by atoms with E-state index in [9.17, 15) is 32.7 Å². The normalized spacial score (nSPS) is 11.7. The van der Waals surface area contributed by atoms with Gasteiger partial charge in [0, 0.05) is 5.56 Å². The largest absolute Gasteiger partial charge is 0.481 e. The van der Waals surface area contributed by atoms with Crippen molar-refractivity contribution in [1.29, 1.82) is 0 Å². The SMILES string of the molecule is NC(N)=Nc1cccc(C(=O)NCC(=O)N[C@@H](CC(=O)O)CS(=O)(=O)c2ccccc2C(=O)O)c1. The number of carbonyl (C=O) groups excluding carboxylic acids is 2. The van der Waals surface area contributed by atoms with Gasteiger partial charge in [0.25, 0.3) is 5.91 Å². The third-order valence-electron chi connectivity index (χ3n) is 4.44. The molecule has 0 fully saturated rings. The summed E-state index contributed by atoms with van der Waals surface area (Å²) in [6.45, 7) is -0.590. The fraction of sp³-hybridized carbons (Fsp3) is 0.190. The number of aliphatic carboxylic acids is 1. The van der Waals surface area contributed by atoms with Gasteiger partial charge in [-0.1, -0.05) is 18.2 Å². The molecule has 0 spiro atoms. The number of nitrogens with two attached hydrogens (primary N) is 2. The number of guanidine groups is 1. The molecular formula is C21H23N5O8S. The second-order valence-corrected chi connectivity index (χ2v) is 9.22. The number of carbonyl (C=O) groups is 4. The highest BCUT2D eigenvalue weighted by atomic mass is 32.2. The minimum absolute atomic E-state index is 0.134. The Morgan fingerprint density at radius 3 is 2.31 bits per heavy atom. The molecule has 13 nitrogen and oxygen atoms in total. The number of benzene rings is 2. The molecule has 186 valence electrons. The smallest absolute Gasteiger partial charge is 0.337 e. The summed E-state index contributed by atoms with van der Waals surface area (Å²) in [5, 5.41) is 22.9. The maximum Gasteiger partial charge on any atom is 0.337 e. The topological polar surface area (TPSA) is 231 Å². The van der Waals surface area contributed by atoms with Gasteiger partial charge >= 0.3 is 11.9 Å². The van der Waals surface area contributed by atoms with E-state index in [1.54, 1.807) is 6.07 Å². The van der Waals surface area contributed by atoms with E-state index >= 15 is 0 Å².